The molecule has 1 aliphatic heterocycles. The lowest BCUT2D eigenvalue weighted by atomic mass is 9.83. The van der Waals surface area contributed by atoms with Crippen molar-refractivity contribution in [2.24, 2.45) is 11.8 Å². The highest BCUT2D eigenvalue weighted by molar-refractivity contribution is 7.81. The van der Waals surface area contributed by atoms with E-state index in [1.54, 1.807) is 0 Å². The largest absolute Gasteiger partial charge is 0.399 e. The summed E-state index contributed by atoms with van der Waals surface area (Å²) in [6.07, 6.45) is 0. The summed E-state index contributed by atoms with van der Waals surface area (Å²) in [5.41, 5.74) is 0. The molecule has 0 amide bonds. The van der Waals surface area contributed by atoms with Crippen molar-refractivity contribution in [2.75, 3.05) is 13.2 Å². The van der Waals surface area contributed by atoms with Gasteiger partial charge in [-0.3, -0.25) is 0 Å². The van der Waals surface area contributed by atoms with E-state index >= 15 is 0 Å². The predicted molar refractivity (Wildman–Crippen MR) is 78.1 cm³/mol. The summed E-state index contributed by atoms with van der Waals surface area (Å²) in [6.45, 7) is -0.598. The molecule has 2 fully saturated rings. The molecule has 0 aromatic heterocycles. The van der Waals surface area contributed by atoms with Gasteiger partial charge < -0.3 is 0 Å². The minimum absolute atomic E-state index is 0.00461. The van der Waals surface area contributed by atoms with Crippen LogP contribution in [-0.2, 0) is 18.8 Å². The minimum atomic E-state index is -4.11. The molecule has 2 bridgehead atoms. The molecule has 0 unspecified atom stereocenters. The zero-order valence-corrected chi connectivity index (χ0v) is 14.7. The second-order valence-electron chi connectivity index (χ2n) is 4.82. The highest BCUT2D eigenvalue weighted by atomic mass is 35.5. The van der Waals surface area contributed by atoms with Gasteiger partial charge in [0.1, 0.15) is 9.75 Å². The van der Waals surface area contributed by atoms with Crippen LogP contribution in [0.2, 0.25) is 0 Å². The zero-order chi connectivity index (χ0) is 15.1. The van der Waals surface area contributed by atoms with E-state index < -0.39 is 36.3 Å². The van der Waals surface area contributed by atoms with Crippen LogP contribution in [0.1, 0.15) is 0 Å². The van der Waals surface area contributed by atoms with Crippen LogP contribution in [0.25, 0.3) is 0 Å². The van der Waals surface area contributed by atoms with E-state index in [1.807, 2.05) is 0 Å². The van der Waals surface area contributed by atoms with E-state index in [-0.39, 0.29) is 23.3 Å². The molecule has 0 N–H and O–H groups in total. The third-order valence-corrected chi connectivity index (χ3v) is 9.24. The van der Waals surface area contributed by atoms with E-state index in [9.17, 15) is 8.42 Å². The Morgan fingerprint density at radius 3 is 1.60 bits per heavy atom. The molecule has 4 nitrogen and oxygen atoms in total. The Hall–Kier alpha value is 1.35. The van der Waals surface area contributed by atoms with Crippen molar-refractivity contribution in [3.63, 3.8) is 0 Å². The van der Waals surface area contributed by atoms with Gasteiger partial charge in [-0.25, -0.2) is 8.37 Å². The third-order valence-electron chi connectivity index (χ3n) is 4.04. The molecular formula is C9H6Cl6O4S. The Morgan fingerprint density at radius 1 is 0.900 bits per heavy atom. The van der Waals surface area contributed by atoms with Crippen molar-refractivity contribution in [1.29, 1.82) is 0 Å². The molecular weight excluding hydrogens is 417 g/mol. The summed E-state index contributed by atoms with van der Waals surface area (Å²) in [6, 6.07) is 0. The predicted octanol–water partition coefficient (Wildman–Crippen LogP) is 3.36. The average Bonchev–Trinajstić information content (AvgIpc) is 2.52. The van der Waals surface area contributed by atoms with Crippen LogP contribution < -0.4 is 0 Å². The Kier molecular flexibility index (Phi) is 3.61. The van der Waals surface area contributed by atoms with Crippen LogP contribution in [-0.4, -0.2) is 35.7 Å². The van der Waals surface area contributed by atoms with Gasteiger partial charge in [0.2, 0.25) is 0 Å². The van der Waals surface area contributed by atoms with Crippen molar-refractivity contribution in [3.8, 4) is 0 Å². The van der Waals surface area contributed by atoms with E-state index in [0.717, 1.165) is 0 Å². The van der Waals surface area contributed by atoms with Gasteiger partial charge in [-0.05, 0) is 0 Å². The van der Waals surface area contributed by atoms with Crippen molar-refractivity contribution < 1.29 is 16.8 Å². The maximum absolute atomic E-state index is 11.4. The summed E-state index contributed by atoms with van der Waals surface area (Å²) in [5.74, 6) is -1.33. The Morgan fingerprint density at radius 2 is 1.25 bits per heavy atom. The normalized spacial score (nSPS) is 49.1. The van der Waals surface area contributed by atoms with Crippen LogP contribution in [0.5, 0.6) is 0 Å². The van der Waals surface area contributed by atoms with Gasteiger partial charge in [0.15, 0.2) is 4.33 Å². The summed E-state index contributed by atoms with van der Waals surface area (Å²) in [4.78, 5) is -3.07. The molecule has 1 heterocycles. The second kappa shape index (κ2) is 4.46. The molecule has 0 aromatic rings. The number of halogens is 6. The molecule has 0 spiro atoms. The fraction of sp³-hybridized carbons (Fsp3) is 0.778. The standard InChI is InChI=1S/C9H6Cl6O4S/c10-5-6(11)8(13)4-2-19-20(16,17)18-1-3(4)7(5,12)9(8,14)15/h3-4H,1-2H2/t3-,4+,7-,8+. The molecule has 3 rings (SSSR count). The lowest BCUT2D eigenvalue weighted by Gasteiger charge is -2.33. The molecule has 1 saturated heterocycles. The molecule has 11 heteroatoms. The molecule has 0 aromatic carbocycles. The van der Waals surface area contributed by atoms with Gasteiger partial charge in [0.25, 0.3) is 0 Å². The first kappa shape index (κ1) is 16.2. The van der Waals surface area contributed by atoms with Crippen molar-refractivity contribution in [3.05, 3.63) is 10.1 Å². The quantitative estimate of drug-likeness (QED) is 0.562. The fourth-order valence-electron chi connectivity index (χ4n) is 3.01. The first-order valence-electron chi connectivity index (χ1n) is 5.36. The number of hydrogen-bond donors (Lipinski definition) is 0. The summed E-state index contributed by atoms with van der Waals surface area (Å²) < 4.78 is 30.5. The molecule has 114 valence electrons. The van der Waals surface area contributed by atoms with Gasteiger partial charge in [-0.1, -0.05) is 46.4 Å². The Bertz CT molecular complexity index is 574. The zero-order valence-electron chi connectivity index (χ0n) is 9.38. The smallest absolute Gasteiger partial charge is 0.248 e. The maximum atomic E-state index is 11.4. The van der Waals surface area contributed by atoms with Crippen LogP contribution >= 0.6 is 69.6 Å². The number of rotatable bonds is 0. The number of allylic oxidation sites excluding steroid dienone is 2. The summed E-state index contributed by atoms with van der Waals surface area (Å²) in [7, 11) is -4.11. The Labute approximate surface area is 145 Å². The average molecular weight is 423 g/mol. The maximum Gasteiger partial charge on any atom is 0.399 e. The van der Waals surface area contributed by atoms with Crippen molar-refractivity contribution >= 4 is 80.0 Å². The number of fused-ring (bicyclic) bond motifs is 5. The highest BCUT2D eigenvalue weighted by Crippen LogP contribution is 2.76. The molecule has 3 aliphatic rings. The lowest BCUT2D eigenvalue weighted by molar-refractivity contribution is 0.207. The number of alkyl halides is 4. The van der Waals surface area contributed by atoms with Gasteiger partial charge in [0, 0.05) is 11.8 Å². The van der Waals surface area contributed by atoms with Crippen molar-refractivity contribution in [1.82, 2.24) is 0 Å². The van der Waals surface area contributed by atoms with E-state index in [1.165, 1.54) is 0 Å². The van der Waals surface area contributed by atoms with Crippen LogP contribution in [0, 0.1) is 11.8 Å². The molecule has 0 radical (unpaired) electrons. The number of hydrogen-bond acceptors (Lipinski definition) is 4. The van der Waals surface area contributed by atoms with Crippen LogP contribution in [0.15, 0.2) is 10.1 Å². The molecule has 4 atom stereocenters. The van der Waals surface area contributed by atoms with E-state index in [0.29, 0.717) is 0 Å². The highest BCUT2D eigenvalue weighted by Gasteiger charge is 2.82. The summed E-state index contributed by atoms with van der Waals surface area (Å²) >= 11 is 38.0. The van der Waals surface area contributed by atoms with Gasteiger partial charge in [0.05, 0.1) is 23.3 Å². The first-order valence-corrected chi connectivity index (χ1v) is 8.96. The van der Waals surface area contributed by atoms with Crippen LogP contribution in [0.4, 0.5) is 0 Å². The topological polar surface area (TPSA) is 52.6 Å². The van der Waals surface area contributed by atoms with Crippen molar-refractivity contribution in [2.45, 2.75) is 14.1 Å². The SMILES string of the molecule is O=S1(=O)OC[C@@H]2[C@H](CO1)[C@]1(Cl)C(Cl)=C(Cl)[C@@]2(Cl)C1(Cl)Cl. The molecule has 2 aliphatic carbocycles. The monoisotopic (exact) mass is 420 g/mol. The second-order valence-corrected chi connectivity index (χ2v) is 9.38. The lowest BCUT2D eigenvalue weighted by Crippen LogP contribution is -2.45. The third kappa shape index (κ3) is 1.62. The minimum Gasteiger partial charge on any atom is -0.248 e. The first-order chi connectivity index (χ1) is 9.00. The van der Waals surface area contributed by atoms with Crippen LogP contribution in [0.3, 0.4) is 0 Å². The van der Waals surface area contributed by atoms with E-state index in [2.05, 4.69) is 0 Å². The van der Waals surface area contributed by atoms with Gasteiger partial charge in [-0.15, -0.1) is 23.2 Å². The Balaban J connectivity index is 2.19. The van der Waals surface area contributed by atoms with Gasteiger partial charge in [-0.2, -0.15) is 8.42 Å². The fourth-order valence-corrected chi connectivity index (χ4v) is 6.77. The molecule has 1 saturated carbocycles. The summed E-state index contributed by atoms with van der Waals surface area (Å²) in [5, 5.41) is 0.00922. The molecule has 20 heavy (non-hydrogen) atoms. The van der Waals surface area contributed by atoms with E-state index in [4.69, 9.17) is 78.0 Å². The van der Waals surface area contributed by atoms with Gasteiger partial charge >= 0.3 is 10.4 Å².